The first-order chi connectivity index (χ1) is 10.8. The molecule has 0 unspecified atom stereocenters. The van der Waals surface area contributed by atoms with Gasteiger partial charge >= 0.3 is 0 Å². The van der Waals surface area contributed by atoms with Gasteiger partial charge in [-0.05, 0) is 68.6 Å². The second-order valence-electron chi connectivity index (χ2n) is 7.86. The first-order valence-electron chi connectivity index (χ1n) is 10.1. The van der Waals surface area contributed by atoms with Crippen LogP contribution in [-0.2, 0) is 0 Å². The van der Waals surface area contributed by atoms with Crippen molar-refractivity contribution in [3.8, 4) is 0 Å². The standard InChI is InChI=1S/C21H37F/c1-2-3-4-7-18-9-13-20(14-10-18)21-15-11-19(12-16-21)8-5-6-17-22/h5,8,18-21H,2-4,6-7,9-17H2,1H3. The summed E-state index contributed by atoms with van der Waals surface area (Å²) in [5.74, 6) is 3.82. The van der Waals surface area contributed by atoms with Crippen LogP contribution in [-0.4, -0.2) is 6.67 Å². The van der Waals surface area contributed by atoms with Crippen LogP contribution in [0.15, 0.2) is 12.2 Å². The first-order valence-corrected chi connectivity index (χ1v) is 10.1. The maximum absolute atomic E-state index is 12.1. The number of alkyl halides is 1. The molecule has 0 aromatic heterocycles. The lowest BCUT2D eigenvalue weighted by Gasteiger charge is -2.37. The molecule has 2 fully saturated rings. The van der Waals surface area contributed by atoms with Crippen LogP contribution in [0.1, 0.15) is 90.4 Å². The predicted molar refractivity (Wildman–Crippen MR) is 94.8 cm³/mol. The molecule has 0 aliphatic heterocycles. The van der Waals surface area contributed by atoms with Crippen LogP contribution in [0.25, 0.3) is 0 Å². The van der Waals surface area contributed by atoms with Gasteiger partial charge in [0, 0.05) is 0 Å². The number of allylic oxidation sites excluding steroid dienone is 2. The molecule has 22 heavy (non-hydrogen) atoms. The lowest BCUT2D eigenvalue weighted by molar-refractivity contribution is 0.151. The van der Waals surface area contributed by atoms with Crippen molar-refractivity contribution in [1.29, 1.82) is 0 Å². The van der Waals surface area contributed by atoms with E-state index < -0.39 is 0 Å². The van der Waals surface area contributed by atoms with E-state index in [2.05, 4.69) is 19.1 Å². The van der Waals surface area contributed by atoms with Crippen LogP contribution in [0.4, 0.5) is 4.39 Å². The highest BCUT2D eigenvalue weighted by molar-refractivity contribution is 4.92. The van der Waals surface area contributed by atoms with Crippen LogP contribution in [0.5, 0.6) is 0 Å². The quantitative estimate of drug-likeness (QED) is 0.331. The van der Waals surface area contributed by atoms with E-state index in [1.165, 1.54) is 77.0 Å². The fourth-order valence-electron chi connectivity index (χ4n) is 4.79. The fraction of sp³-hybridized carbons (Fsp3) is 0.905. The Morgan fingerprint density at radius 3 is 2.09 bits per heavy atom. The maximum atomic E-state index is 12.1. The minimum atomic E-state index is -0.201. The predicted octanol–water partition coefficient (Wildman–Crippen LogP) is 7.10. The van der Waals surface area contributed by atoms with Crippen molar-refractivity contribution in [3.63, 3.8) is 0 Å². The van der Waals surface area contributed by atoms with E-state index >= 15 is 0 Å². The van der Waals surface area contributed by atoms with Gasteiger partial charge in [-0.25, -0.2) is 0 Å². The molecule has 2 rings (SSSR count). The van der Waals surface area contributed by atoms with Crippen molar-refractivity contribution in [2.75, 3.05) is 6.67 Å². The summed E-state index contributed by atoms with van der Waals surface area (Å²) in [6.45, 7) is 2.10. The van der Waals surface area contributed by atoms with E-state index in [-0.39, 0.29) is 6.67 Å². The molecule has 1 heteroatoms. The second kappa shape index (κ2) is 10.4. The van der Waals surface area contributed by atoms with Crippen molar-refractivity contribution in [1.82, 2.24) is 0 Å². The molecule has 128 valence electrons. The number of rotatable bonds is 8. The molecule has 0 aromatic rings. The highest BCUT2D eigenvalue weighted by atomic mass is 19.1. The summed E-state index contributed by atoms with van der Waals surface area (Å²) in [7, 11) is 0. The van der Waals surface area contributed by atoms with Crippen molar-refractivity contribution in [2.45, 2.75) is 90.4 Å². The molecule has 0 radical (unpaired) electrons. The molecule has 0 bridgehead atoms. The number of halogens is 1. The molecule has 2 saturated carbocycles. The van der Waals surface area contributed by atoms with Crippen LogP contribution in [0.2, 0.25) is 0 Å². The molecular weight excluding hydrogens is 271 g/mol. The van der Waals surface area contributed by atoms with Gasteiger partial charge in [-0.2, -0.15) is 0 Å². The average Bonchev–Trinajstić information content (AvgIpc) is 2.57. The van der Waals surface area contributed by atoms with Crippen molar-refractivity contribution < 1.29 is 4.39 Å². The van der Waals surface area contributed by atoms with Crippen molar-refractivity contribution in [2.24, 2.45) is 23.7 Å². The molecule has 2 aliphatic carbocycles. The Balaban J connectivity index is 1.62. The average molecular weight is 309 g/mol. The van der Waals surface area contributed by atoms with E-state index in [1.54, 1.807) is 0 Å². The summed E-state index contributed by atoms with van der Waals surface area (Å²) in [6.07, 6.45) is 22.3. The molecule has 0 nitrogen and oxygen atoms in total. The molecule has 0 N–H and O–H groups in total. The molecule has 0 saturated heterocycles. The van der Waals surface area contributed by atoms with Crippen LogP contribution >= 0.6 is 0 Å². The fourth-order valence-corrected chi connectivity index (χ4v) is 4.79. The summed E-state index contributed by atoms with van der Waals surface area (Å²) in [4.78, 5) is 0. The zero-order chi connectivity index (χ0) is 15.6. The normalized spacial score (nSPS) is 33.4. The monoisotopic (exact) mass is 308 g/mol. The van der Waals surface area contributed by atoms with Gasteiger partial charge in [-0.15, -0.1) is 0 Å². The topological polar surface area (TPSA) is 0 Å². The van der Waals surface area contributed by atoms with Crippen molar-refractivity contribution >= 4 is 0 Å². The van der Waals surface area contributed by atoms with Gasteiger partial charge in [0.1, 0.15) is 0 Å². The largest absolute Gasteiger partial charge is 0.251 e. The first kappa shape index (κ1) is 18.0. The molecule has 0 heterocycles. The maximum Gasteiger partial charge on any atom is 0.0928 e. The lowest BCUT2D eigenvalue weighted by atomic mass is 9.68. The molecule has 2 aliphatic rings. The summed E-state index contributed by atoms with van der Waals surface area (Å²) in [5.41, 5.74) is 0. The molecule has 0 atom stereocenters. The third-order valence-electron chi connectivity index (χ3n) is 6.27. The van der Waals surface area contributed by atoms with E-state index in [1.807, 2.05) is 0 Å². The van der Waals surface area contributed by atoms with E-state index in [9.17, 15) is 4.39 Å². The SMILES string of the molecule is CCCCCC1CCC(C2CCC(C=CCCF)CC2)CC1. The molecule has 0 amide bonds. The van der Waals surface area contributed by atoms with Gasteiger partial charge in [-0.1, -0.05) is 57.6 Å². The van der Waals surface area contributed by atoms with E-state index in [0.29, 0.717) is 6.42 Å². The summed E-state index contributed by atoms with van der Waals surface area (Å²) in [5, 5.41) is 0. The highest BCUT2D eigenvalue weighted by Crippen LogP contribution is 2.42. The Morgan fingerprint density at radius 1 is 0.864 bits per heavy atom. The lowest BCUT2D eigenvalue weighted by Crippen LogP contribution is -2.25. The molecule has 0 spiro atoms. The van der Waals surface area contributed by atoms with Crippen molar-refractivity contribution in [3.05, 3.63) is 12.2 Å². The van der Waals surface area contributed by atoms with Gasteiger partial charge in [-0.3, -0.25) is 4.39 Å². The number of hydrogen-bond donors (Lipinski definition) is 0. The number of hydrogen-bond acceptors (Lipinski definition) is 0. The summed E-state index contributed by atoms with van der Waals surface area (Å²) >= 11 is 0. The Kier molecular flexibility index (Phi) is 8.55. The molecular formula is C21H37F. The third kappa shape index (κ3) is 6.05. The van der Waals surface area contributed by atoms with Crippen LogP contribution in [0.3, 0.4) is 0 Å². The van der Waals surface area contributed by atoms with E-state index in [0.717, 1.165) is 23.7 Å². The minimum Gasteiger partial charge on any atom is -0.251 e. The Bertz CT molecular complexity index is 293. The number of unbranched alkanes of at least 4 members (excludes halogenated alkanes) is 2. The second-order valence-corrected chi connectivity index (χ2v) is 7.86. The Morgan fingerprint density at radius 2 is 1.50 bits per heavy atom. The minimum absolute atomic E-state index is 0.201. The highest BCUT2D eigenvalue weighted by Gasteiger charge is 2.30. The van der Waals surface area contributed by atoms with Crippen LogP contribution < -0.4 is 0 Å². The van der Waals surface area contributed by atoms with Gasteiger partial charge in [0.25, 0.3) is 0 Å². The Hall–Kier alpha value is -0.330. The van der Waals surface area contributed by atoms with Crippen LogP contribution in [0, 0.1) is 23.7 Å². The van der Waals surface area contributed by atoms with Gasteiger partial charge in [0.2, 0.25) is 0 Å². The zero-order valence-corrected chi connectivity index (χ0v) is 14.7. The third-order valence-corrected chi connectivity index (χ3v) is 6.27. The molecule has 0 aromatic carbocycles. The van der Waals surface area contributed by atoms with Gasteiger partial charge in [0.15, 0.2) is 0 Å². The Labute approximate surface area is 138 Å². The smallest absolute Gasteiger partial charge is 0.0928 e. The van der Waals surface area contributed by atoms with Gasteiger partial charge < -0.3 is 0 Å². The summed E-state index contributed by atoms with van der Waals surface area (Å²) < 4.78 is 12.1. The van der Waals surface area contributed by atoms with E-state index in [4.69, 9.17) is 0 Å². The summed E-state index contributed by atoms with van der Waals surface area (Å²) in [6, 6.07) is 0. The zero-order valence-electron chi connectivity index (χ0n) is 14.7. The van der Waals surface area contributed by atoms with Gasteiger partial charge in [0.05, 0.1) is 6.67 Å².